The molecule has 1 aromatic heterocycles. The Morgan fingerprint density at radius 2 is 1.96 bits per heavy atom. The summed E-state index contributed by atoms with van der Waals surface area (Å²) in [5.74, 6) is 1.19. The predicted octanol–water partition coefficient (Wildman–Crippen LogP) is 3.87. The minimum absolute atomic E-state index is 0.342. The summed E-state index contributed by atoms with van der Waals surface area (Å²) in [4.78, 5) is 4.46. The normalized spacial score (nSPS) is 13.2. The molecule has 0 saturated carbocycles. The van der Waals surface area contributed by atoms with Crippen molar-refractivity contribution in [2.75, 3.05) is 12.3 Å². The molecule has 23 heavy (non-hydrogen) atoms. The average Bonchev–Trinajstić information content (AvgIpc) is 2.59. The molecule has 0 saturated heterocycles. The highest BCUT2D eigenvalue weighted by Crippen LogP contribution is 2.36. The maximum absolute atomic E-state index is 9.54. The van der Waals surface area contributed by atoms with Crippen LogP contribution in [0, 0.1) is 11.3 Å². The van der Waals surface area contributed by atoms with Crippen LogP contribution in [0.3, 0.4) is 0 Å². The number of nitrogen functional groups attached to an aromatic ring is 1. The molecule has 0 bridgehead atoms. The number of nitriles is 1. The summed E-state index contributed by atoms with van der Waals surface area (Å²) in [7, 11) is 0. The lowest BCUT2D eigenvalue weighted by atomic mass is 9.86. The van der Waals surface area contributed by atoms with Gasteiger partial charge in [-0.15, -0.1) is 0 Å². The van der Waals surface area contributed by atoms with E-state index in [2.05, 4.69) is 18.0 Å². The second-order valence-electron chi connectivity index (χ2n) is 5.86. The van der Waals surface area contributed by atoms with Crippen molar-refractivity contribution in [1.82, 2.24) is 4.98 Å². The molecular weight excluding hydrogens is 286 g/mol. The number of aromatic nitrogens is 1. The summed E-state index contributed by atoms with van der Waals surface area (Å²) < 4.78 is 5.64. The van der Waals surface area contributed by atoms with Crippen molar-refractivity contribution < 1.29 is 4.74 Å². The van der Waals surface area contributed by atoms with Crippen LogP contribution in [0.5, 0.6) is 5.75 Å². The van der Waals surface area contributed by atoms with Gasteiger partial charge in [-0.1, -0.05) is 19.1 Å². The molecule has 1 aromatic carbocycles. The fraction of sp³-hybridized carbons (Fsp3) is 0.368. The number of aryl methyl sites for hydroxylation is 1. The van der Waals surface area contributed by atoms with E-state index < -0.39 is 0 Å². The maximum atomic E-state index is 9.54. The molecule has 0 fully saturated rings. The Morgan fingerprint density at radius 1 is 1.22 bits per heavy atom. The molecule has 0 aliphatic heterocycles. The highest BCUT2D eigenvalue weighted by molar-refractivity contribution is 5.79. The first-order valence-corrected chi connectivity index (χ1v) is 8.19. The first-order chi connectivity index (χ1) is 11.2. The van der Waals surface area contributed by atoms with Crippen molar-refractivity contribution in [3.63, 3.8) is 0 Å². The highest BCUT2D eigenvalue weighted by Gasteiger charge is 2.21. The Bertz CT molecular complexity index is 745. The average molecular weight is 307 g/mol. The van der Waals surface area contributed by atoms with Crippen molar-refractivity contribution >= 4 is 5.82 Å². The van der Waals surface area contributed by atoms with E-state index in [0.29, 0.717) is 18.0 Å². The first kappa shape index (κ1) is 15.4. The van der Waals surface area contributed by atoms with Crippen LogP contribution in [0.2, 0.25) is 0 Å². The first-order valence-electron chi connectivity index (χ1n) is 8.19. The van der Waals surface area contributed by atoms with E-state index in [4.69, 9.17) is 10.5 Å². The topological polar surface area (TPSA) is 71.9 Å². The van der Waals surface area contributed by atoms with Crippen molar-refractivity contribution in [2.24, 2.45) is 0 Å². The lowest BCUT2D eigenvalue weighted by Gasteiger charge is -2.21. The number of fused-ring (bicyclic) bond motifs is 1. The third kappa shape index (κ3) is 3.00. The van der Waals surface area contributed by atoms with E-state index >= 15 is 0 Å². The van der Waals surface area contributed by atoms with Gasteiger partial charge in [0, 0.05) is 11.3 Å². The van der Waals surface area contributed by atoms with Gasteiger partial charge in [0.2, 0.25) is 0 Å². The van der Waals surface area contributed by atoms with Crippen LogP contribution in [-0.2, 0) is 12.8 Å². The molecule has 0 spiro atoms. The van der Waals surface area contributed by atoms with Crippen molar-refractivity contribution in [3.05, 3.63) is 41.1 Å². The van der Waals surface area contributed by atoms with Crippen molar-refractivity contribution in [2.45, 2.75) is 39.0 Å². The zero-order valence-corrected chi connectivity index (χ0v) is 13.4. The molecule has 0 radical (unpaired) electrons. The van der Waals surface area contributed by atoms with Gasteiger partial charge in [-0.3, -0.25) is 0 Å². The zero-order chi connectivity index (χ0) is 16.2. The Labute approximate surface area is 136 Å². The van der Waals surface area contributed by atoms with Gasteiger partial charge in [0.25, 0.3) is 0 Å². The molecule has 0 unspecified atom stereocenters. The maximum Gasteiger partial charge on any atom is 0.142 e. The van der Waals surface area contributed by atoms with E-state index in [0.717, 1.165) is 54.7 Å². The Hall–Kier alpha value is -2.54. The number of rotatable bonds is 4. The Morgan fingerprint density at radius 3 is 2.65 bits per heavy atom. The fourth-order valence-electron chi connectivity index (χ4n) is 3.13. The lowest BCUT2D eigenvalue weighted by molar-refractivity contribution is 0.317. The number of pyridine rings is 1. The molecule has 1 aliphatic rings. The Kier molecular flexibility index (Phi) is 4.47. The third-order valence-corrected chi connectivity index (χ3v) is 4.23. The second-order valence-corrected chi connectivity index (χ2v) is 5.86. The van der Waals surface area contributed by atoms with Crippen LogP contribution in [0.1, 0.15) is 43.0 Å². The van der Waals surface area contributed by atoms with Crippen molar-refractivity contribution in [3.8, 4) is 22.9 Å². The molecule has 0 amide bonds. The van der Waals surface area contributed by atoms with Gasteiger partial charge in [0.1, 0.15) is 23.2 Å². The van der Waals surface area contributed by atoms with Crippen LogP contribution in [-0.4, -0.2) is 11.6 Å². The highest BCUT2D eigenvalue weighted by atomic mass is 16.5. The van der Waals surface area contributed by atoms with Gasteiger partial charge in [0.05, 0.1) is 6.61 Å². The van der Waals surface area contributed by atoms with Gasteiger partial charge < -0.3 is 10.5 Å². The van der Waals surface area contributed by atoms with Crippen molar-refractivity contribution in [1.29, 1.82) is 5.26 Å². The summed E-state index contributed by atoms with van der Waals surface area (Å²) in [6, 6.07) is 10.2. The number of benzene rings is 1. The second kappa shape index (κ2) is 6.70. The van der Waals surface area contributed by atoms with Gasteiger partial charge in [-0.2, -0.15) is 5.26 Å². The molecule has 2 N–H and O–H groups in total. The summed E-state index contributed by atoms with van der Waals surface area (Å²) in [5.41, 5.74) is 10.7. The molecular formula is C19H21N3O. The molecule has 1 heterocycles. The predicted molar refractivity (Wildman–Crippen MR) is 91.2 cm³/mol. The number of nitrogens with zero attached hydrogens (tertiary/aromatic N) is 2. The molecule has 0 atom stereocenters. The van der Waals surface area contributed by atoms with E-state index in [9.17, 15) is 5.26 Å². The summed E-state index contributed by atoms with van der Waals surface area (Å²) in [5, 5.41) is 9.54. The van der Waals surface area contributed by atoms with E-state index in [-0.39, 0.29) is 0 Å². The molecule has 4 nitrogen and oxygen atoms in total. The number of hydrogen-bond donors (Lipinski definition) is 1. The van der Waals surface area contributed by atoms with E-state index in [1.165, 1.54) is 5.56 Å². The number of nitrogens with two attached hydrogens (primary N) is 1. The molecule has 118 valence electrons. The van der Waals surface area contributed by atoms with Crippen LogP contribution in [0.15, 0.2) is 24.3 Å². The number of hydrogen-bond acceptors (Lipinski definition) is 4. The lowest BCUT2D eigenvalue weighted by Crippen LogP contribution is -2.11. The van der Waals surface area contributed by atoms with Gasteiger partial charge in [-0.05, 0) is 55.4 Å². The minimum Gasteiger partial charge on any atom is -0.494 e. The smallest absolute Gasteiger partial charge is 0.142 e. The van der Waals surface area contributed by atoms with Crippen LogP contribution < -0.4 is 10.5 Å². The largest absolute Gasteiger partial charge is 0.494 e. The SMILES string of the molecule is CCCOc1ccc(-c2c(C#N)c(N)nc3c2CCCC3)cc1. The summed E-state index contributed by atoms with van der Waals surface area (Å²) in [6.07, 6.45) is 5.15. The number of anilines is 1. The third-order valence-electron chi connectivity index (χ3n) is 4.23. The minimum atomic E-state index is 0.342. The summed E-state index contributed by atoms with van der Waals surface area (Å²) >= 11 is 0. The van der Waals surface area contributed by atoms with Crippen LogP contribution >= 0.6 is 0 Å². The van der Waals surface area contributed by atoms with E-state index in [1.807, 2.05) is 24.3 Å². The molecule has 2 aromatic rings. The number of ether oxygens (including phenoxy) is 1. The van der Waals surface area contributed by atoms with Crippen LogP contribution in [0.4, 0.5) is 5.82 Å². The molecule has 1 aliphatic carbocycles. The molecule has 4 heteroatoms. The Balaban J connectivity index is 2.08. The monoisotopic (exact) mass is 307 g/mol. The van der Waals surface area contributed by atoms with E-state index in [1.54, 1.807) is 0 Å². The van der Waals surface area contributed by atoms with Gasteiger partial charge in [-0.25, -0.2) is 4.98 Å². The van der Waals surface area contributed by atoms with Crippen LogP contribution in [0.25, 0.3) is 11.1 Å². The fourth-order valence-corrected chi connectivity index (χ4v) is 3.13. The van der Waals surface area contributed by atoms with Gasteiger partial charge in [0.15, 0.2) is 0 Å². The standard InChI is InChI=1S/C19H21N3O/c1-2-11-23-14-9-7-13(8-10-14)18-15-5-3-4-6-17(15)22-19(21)16(18)12-20/h7-10H,2-6,11H2,1H3,(H2,21,22). The van der Waals surface area contributed by atoms with Gasteiger partial charge >= 0.3 is 0 Å². The summed E-state index contributed by atoms with van der Waals surface area (Å²) in [6.45, 7) is 2.79. The zero-order valence-electron chi connectivity index (χ0n) is 13.4. The molecule has 3 rings (SSSR count). The quantitative estimate of drug-likeness (QED) is 0.930.